The Bertz CT molecular complexity index is 329. The van der Waals surface area contributed by atoms with Gasteiger partial charge < -0.3 is 14.6 Å². The molecule has 0 aromatic carbocycles. The summed E-state index contributed by atoms with van der Waals surface area (Å²) in [6, 6.07) is 3.90. The lowest BCUT2D eigenvalue weighted by atomic mass is 10.2. The summed E-state index contributed by atoms with van der Waals surface area (Å²) in [6.45, 7) is 4.56. The number of nitrogens with zero attached hydrogens (tertiary/aromatic N) is 1. The van der Waals surface area contributed by atoms with Gasteiger partial charge in [0.1, 0.15) is 0 Å². The number of likely N-dealkylation sites (N-methyl/N-ethyl adjacent to an activating group) is 1. The highest BCUT2D eigenvalue weighted by molar-refractivity contribution is 5.91. The number of carbonyl (C=O) groups is 1. The van der Waals surface area contributed by atoms with Crippen LogP contribution in [0.15, 0.2) is 22.8 Å². The second kappa shape index (κ2) is 5.16. The fourth-order valence-electron chi connectivity index (χ4n) is 2.09. The largest absolute Gasteiger partial charge is 0.459 e. The Balaban J connectivity index is 1.96. The van der Waals surface area contributed by atoms with Crippen molar-refractivity contribution in [3.63, 3.8) is 0 Å². The number of rotatable bonds is 4. The number of carbonyl (C=O) groups excluding carboxylic acids is 1. The summed E-state index contributed by atoms with van der Waals surface area (Å²) in [7, 11) is 0. The van der Waals surface area contributed by atoms with Crippen molar-refractivity contribution in [3.8, 4) is 0 Å². The minimum Gasteiger partial charge on any atom is -0.459 e. The highest BCUT2D eigenvalue weighted by Crippen LogP contribution is 2.10. The van der Waals surface area contributed by atoms with Crippen molar-refractivity contribution in [3.05, 3.63) is 24.2 Å². The smallest absolute Gasteiger partial charge is 0.289 e. The van der Waals surface area contributed by atoms with Crippen molar-refractivity contribution in [2.45, 2.75) is 25.8 Å². The van der Waals surface area contributed by atoms with Gasteiger partial charge in [0.15, 0.2) is 5.76 Å². The first-order valence-electron chi connectivity index (χ1n) is 5.87. The number of nitrogens with one attached hydrogen (secondary N) is 1. The van der Waals surface area contributed by atoms with E-state index in [4.69, 9.17) is 4.42 Å². The molecule has 1 atom stereocenters. The van der Waals surface area contributed by atoms with E-state index in [0.29, 0.717) is 11.8 Å². The molecule has 2 heterocycles. The van der Waals surface area contributed by atoms with Crippen LogP contribution in [0.2, 0.25) is 0 Å². The Hall–Kier alpha value is -1.29. The summed E-state index contributed by atoms with van der Waals surface area (Å²) in [4.78, 5) is 13.9. The van der Waals surface area contributed by atoms with Gasteiger partial charge in [-0.05, 0) is 38.4 Å². The molecule has 1 N–H and O–H groups in total. The predicted molar refractivity (Wildman–Crippen MR) is 61.3 cm³/mol. The molecule has 2 rings (SSSR count). The number of amides is 1. The maximum absolute atomic E-state index is 12.0. The van der Waals surface area contributed by atoms with Crippen LogP contribution in [0.1, 0.15) is 30.3 Å². The predicted octanol–water partition coefficient (Wildman–Crippen LogP) is 1.49. The lowest BCUT2D eigenvalue weighted by Crippen LogP contribution is -2.40. The van der Waals surface area contributed by atoms with Gasteiger partial charge in [-0.3, -0.25) is 4.79 Å². The summed E-state index contributed by atoms with van der Waals surface area (Å²) in [5, 5.41) is 3.40. The van der Waals surface area contributed by atoms with Crippen LogP contribution in [0, 0.1) is 0 Å². The first-order chi connectivity index (χ1) is 7.81. The number of furan rings is 1. The summed E-state index contributed by atoms with van der Waals surface area (Å²) in [6.07, 6.45) is 3.90. The fourth-order valence-corrected chi connectivity index (χ4v) is 2.09. The standard InChI is InChI=1S/C12H18N2O2/c1-2-14(9-10-5-3-7-13-10)12(15)11-6-4-8-16-11/h4,6,8,10,13H,2-3,5,7,9H2,1H3. The fraction of sp³-hybridized carbons (Fsp3) is 0.583. The van der Waals surface area contributed by atoms with Crippen molar-refractivity contribution in [2.24, 2.45) is 0 Å². The Morgan fingerprint density at radius 3 is 3.12 bits per heavy atom. The van der Waals surface area contributed by atoms with E-state index in [0.717, 1.165) is 26.1 Å². The SMILES string of the molecule is CCN(CC1CCCN1)C(=O)c1ccco1. The maximum Gasteiger partial charge on any atom is 0.289 e. The van der Waals surface area contributed by atoms with Gasteiger partial charge in [-0.1, -0.05) is 0 Å². The molecular formula is C12H18N2O2. The molecule has 1 aliphatic heterocycles. The number of hydrogen-bond acceptors (Lipinski definition) is 3. The summed E-state index contributed by atoms with van der Waals surface area (Å²) in [5.74, 6) is 0.418. The topological polar surface area (TPSA) is 45.5 Å². The average molecular weight is 222 g/mol. The number of hydrogen-bond donors (Lipinski definition) is 1. The first kappa shape index (κ1) is 11.2. The average Bonchev–Trinajstić information content (AvgIpc) is 2.97. The third-order valence-corrected chi connectivity index (χ3v) is 3.00. The maximum atomic E-state index is 12.0. The third-order valence-electron chi connectivity index (χ3n) is 3.00. The van der Waals surface area contributed by atoms with Crippen molar-refractivity contribution < 1.29 is 9.21 Å². The van der Waals surface area contributed by atoms with Gasteiger partial charge in [0.05, 0.1) is 6.26 Å². The van der Waals surface area contributed by atoms with Gasteiger partial charge in [-0.15, -0.1) is 0 Å². The van der Waals surface area contributed by atoms with Crippen molar-refractivity contribution in [1.82, 2.24) is 10.2 Å². The Kier molecular flexibility index (Phi) is 3.62. The van der Waals surface area contributed by atoms with E-state index in [1.807, 2.05) is 11.8 Å². The van der Waals surface area contributed by atoms with Crippen LogP contribution in [-0.2, 0) is 0 Å². The molecule has 4 heteroatoms. The molecule has 16 heavy (non-hydrogen) atoms. The lowest BCUT2D eigenvalue weighted by molar-refractivity contribution is 0.0719. The Labute approximate surface area is 95.6 Å². The molecule has 88 valence electrons. The van der Waals surface area contributed by atoms with E-state index in [-0.39, 0.29) is 5.91 Å². The lowest BCUT2D eigenvalue weighted by Gasteiger charge is -2.23. The summed E-state index contributed by atoms with van der Waals surface area (Å²) in [5.41, 5.74) is 0. The Morgan fingerprint density at radius 1 is 1.69 bits per heavy atom. The molecule has 0 saturated carbocycles. The van der Waals surface area contributed by atoms with Gasteiger partial charge in [0.2, 0.25) is 0 Å². The van der Waals surface area contributed by atoms with E-state index < -0.39 is 0 Å². The first-order valence-corrected chi connectivity index (χ1v) is 5.87. The molecule has 0 radical (unpaired) electrons. The second-order valence-electron chi connectivity index (χ2n) is 4.11. The van der Waals surface area contributed by atoms with Crippen LogP contribution in [0.4, 0.5) is 0 Å². The van der Waals surface area contributed by atoms with E-state index >= 15 is 0 Å². The highest BCUT2D eigenvalue weighted by atomic mass is 16.3. The molecule has 1 fully saturated rings. The molecule has 1 amide bonds. The minimum atomic E-state index is -0.0128. The molecule has 1 aromatic heterocycles. The van der Waals surface area contributed by atoms with Crippen molar-refractivity contribution in [1.29, 1.82) is 0 Å². The highest BCUT2D eigenvalue weighted by Gasteiger charge is 2.22. The monoisotopic (exact) mass is 222 g/mol. The molecule has 4 nitrogen and oxygen atoms in total. The van der Waals surface area contributed by atoms with E-state index in [1.54, 1.807) is 12.1 Å². The van der Waals surface area contributed by atoms with Crippen LogP contribution in [0.3, 0.4) is 0 Å². The van der Waals surface area contributed by atoms with Crippen LogP contribution in [0.5, 0.6) is 0 Å². The quantitative estimate of drug-likeness (QED) is 0.839. The molecule has 0 bridgehead atoms. The molecular weight excluding hydrogens is 204 g/mol. The Morgan fingerprint density at radius 2 is 2.56 bits per heavy atom. The van der Waals surface area contributed by atoms with Gasteiger partial charge in [-0.2, -0.15) is 0 Å². The molecule has 1 saturated heterocycles. The second-order valence-corrected chi connectivity index (χ2v) is 4.11. The van der Waals surface area contributed by atoms with Gasteiger partial charge in [0.25, 0.3) is 5.91 Å². The third kappa shape index (κ3) is 2.44. The van der Waals surface area contributed by atoms with Crippen molar-refractivity contribution in [2.75, 3.05) is 19.6 Å². The van der Waals surface area contributed by atoms with Crippen LogP contribution in [0.25, 0.3) is 0 Å². The van der Waals surface area contributed by atoms with E-state index in [9.17, 15) is 4.79 Å². The van der Waals surface area contributed by atoms with Gasteiger partial charge in [-0.25, -0.2) is 0 Å². The molecule has 1 unspecified atom stereocenters. The zero-order chi connectivity index (χ0) is 11.4. The zero-order valence-electron chi connectivity index (χ0n) is 9.61. The van der Waals surface area contributed by atoms with Crippen LogP contribution >= 0.6 is 0 Å². The minimum absolute atomic E-state index is 0.0128. The van der Waals surface area contributed by atoms with Crippen LogP contribution < -0.4 is 5.32 Å². The van der Waals surface area contributed by atoms with E-state index in [2.05, 4.69) is 5.32 Å². The molecule has 1 aromatic rings. The summed E-state index contributed by atoms with van der Waals surface area (Å²) >= 11 is 0. The van der Waals surface area contributed by atoms with Gasteiger partial charge >= 0.3 is 0 Å². The van der Waals surface area contributed by atoms with Crippen LogP contribution in [-0.4, -0.2) is 36.5 Å². The van der Waals surface area contributed by atoms with Gasteiger partial charge in [0, 0.05) is 19.1 Å². The molecule has 0 spiro atoms. The van der Waals surface area contributed by atoms with Crippen molar-refractivity contribution >= 4 is 5.91 Å². The zero-order valence-corrected chi connectivity index (χ0v) is 9.61. The molecule has 0 aliphatic carbocycles. The normalized spacial score (nSPS) is 19.9. The van der Waals surface area contributed by atoms with E-state index in [1.165, 1.54) is 12.7 Å². The summed E-state index contributed by atoms with van der Waals surface area (Å²) < 4.78 is 5.13. The molecule has 1 aliphatic rings.